The predicted octanol–water partition coefficient (Wildman–Crippen LogP) is 3.96. The van der Waals surface area contributed by atoms with Gasteiger partial charge in [-0.05, 0) is 42.9 Å². The quantitative estimate of drug-likeness (QED) is 0.394. The molecule has 0 radical (unpaired) electrons. The van der Waals surface area contributed by atoms with Crippen molar-refractivity contribution in [3.8, 4) is 11.8 Å². The average molecular weight is 413 g/mol. The molecule has 4 nitrogen and oxygen atoms in total. The van der Waals surface area contributed by atoms with Crippen LogP contribution in [-0.4, -0.2) is 47.8 Å². The lowest BCUT2D eigenvalue weighted by Crippen LogP contribution is -2.61. The summed E-state index contributed by atoms with van der Waals surface area (Å²) in [7, 11) is 0. The number of unbranched alkanes of at least 4 members (excludes halogenated alkanes) is 1. The van der Waals surface area contributed by atoms with Crippen LogP contribution in [0.15, 0.2) is 0 Å². The van der Waals surface area contributed by atoms with Crippen molar-refractivity contribution in [3.05, 3.63) is 0 Å². The Morgan fingerprint density at radius 1 is 1.18 bits per heavy atom. The molecule has 2 N–H and O–H groups in total. The Morgan fingerprint density at radius 2 is 1.89 bits per heavy atom. The van der Waals surface area contributed by atoms with Crippen LogP contribution < -0.4 is 0 Å². The Balaban J connectivity index is 1.95. The van der Waals surface area contributed by atoms with E-state index in [-0.39, 0.29) is 29.3 Å². The molecule has 160 valence electrons. The molecule has 0 aromatic heterocycles. The topological polar surface area (TPSA) is 58.9 Å². The van der Waals surface area contributed by atoms with E-state index >= 15 is 0 Å². The summed E-state index contributed by atoms with van der Waals surface area (Å²) in [5.41, 5.74) is -0.433. The molecule has 0 unspecified atom stereocenters. The lowest BCUT2D eigenvalue weighted by atomic mass is 9.47. The second kappa shape index (κ2) is 8.82. The highest BCUT2D eigenvalue weighted by atomic mass is 35.5. The van der Waals surface area contributed by atoms with Gasteiger partial charge < -0.3 is 19.7 Å². The molecule has 0 aromatic carbocycles. The van der Waals surface area contributed by atoms with Gasteiger partial charge >= 0.3 is 0 Å². The van der Waals surface area contributed by atoms with Crippen molar-refractivity contribution in [1.29, 1.82) is 0 Å². The van der Waals surface area contributed by atoms with Gasteiger partial charge in [0.2, 0.25) is 0 Å². The molecule has 3 fully saturated rings. The number of rotatable bonds is 6. The Hall–Kier alpha value is -0.310. The second-order valence-electron chi connectivity index (χ2n) is 9.43. The van der Waals surface area contributed by atoms with Crippen molar-refractivity contribution in [2.75, 3.05) is 25.7 Å². The predicted molar refractivity (Wildman–Crippen MR) is 111 cm³/mol. The highest BCUT2D eigenvalue weighted by Gasteiger charge is 2.70. The highest BCUT2D eigenvalue weighted by molar-refractivity contribution is 6.17. The first kappa shape index (κ1) is 22.4. The van der Waals surface area contributed by atoms with Gasteiger partial charge in [-0.1, -0.05) is 20.8 Å². The summed E-state index contributed by atoms with van der Waals surface area (Å²) in [4.78, 5) is 0. The summed E-state index contributed by atoms with van der Waals surface area (Å²) >= 11 is 5.73. The van der Waals surface area contributed by atoms with Gasteiger partial charge in [-0.3, -0.25) is 0 Å². The van der Waals surface area contributed by atoms with Crippen LogP contribution >= 0.6 is 11.6 Å². The van der Waals surface area contributed by atoms with Gasteiger partial charge in [0.25, 0.3) is 0 Å². The third kappa shape index (κ3) is 3.52. The Morgan fingerprint density at radius 3 is 2.54 bits per heavy atom. The normalized spacial score (nSPS) is 38.6. The average Bonchev–Trinajstić information content (AvgIpc) is 3.30. The third-order valence-electron chi connectivity index (χ3n) is 8.29. The van der Waals surface area contributed by atoms with Crippen molar-refractivity contribution in [1.82, 2.24) is 0 Å². The number of aliphatic hydroxyl groups excluding tert-OH is 2. The van der Waals surface area contributed by atoms with E-state index in [1.54, 1.807) is 0 Å². The minimum Gasteiger partial charge on any atom is -0.396 e. The second-order valence-corrected chi connectivity index (χ2v) is 9.81. The first-order valence-electron chi connectivity index (χ1n) is 11.0. The molecule has 2 aliphatic carbocycles. The van der Waals surface area contributed by atoms with E-state index in [9.17, 15) is 10.2 Å². The maximum atomic E-state index is 11.4. The number of halogens is 1. The number of aliphatic hydroxyl groups is 2. The number of ether oxygens (including phenoxy) is 2. The zero-order valence-corrected chi connectivity index (χ0v) is 18.4. The molecule has 5 heteroatoms. The highest BCUT2D eigenvalue weighted by Crippen LogP contribution is 2.70. The molecule has 0 amide bonds. The third-order valence-corrected chi connectivity index (χ3v) is 8.55. The first-order valence-corrected chi connectivity index (χ1v) is 11.5. The van der Waals surface area contributed by atoms with Crippen LogP contribution in [0.2, 0.25) is 0 Å². The minimum atomic E-state index is -0.625. The lowest BCUT2D eigenvalue weighted by Gasteiger charge is -2.60. The molecule has 2 saturated carbocycles. The number of fused-ring (bicyclic) bond motifs is 2. The molecule has 1 saturated heterocycles. The van der Waals surface area contributed by atoms with Gasteiger partial charge in [0, 0.05) is 43.1 Å². The van der Waals surface area contributed by atoms with Crippen molar-refractivity contribution in [2.24, 2.45) is 28.6 Å². The van der Waals surface area contributed by atoms with Gasteiger partial charge in [-0.25, -0.2) is 0 Å². The molecular weight excluding hydrogens is 376 g/mol. The molecule has 3 aliphatic rings. The summed E-state index contributed by atoms with van der Waals surface area (Å²) in [5.74, 6) is 6.88. The molecule has 1 spiro atoms. The number of alkyl halides is 1. The fourth-order valence-electron chi connectivity index (χ4n) is 6.47. The van der Waals surface area contributed by atoms with E-state index in [0.29, 0.717) is 31.4 Å². The molecule has 6 atom stereocenters. The van der Waals surface area contributed by atoms with Crippen LogP contribution in [0.1, 0.15) is 65.7 Å². The summed E-state index contributed by atoms with van der Waals surface area (Å²) < 4.78 is 12.6. The van der Waals surface area contributed by atoms with E-state index in [4.69, 9.17) is 21.1 Å². The summed E-state index contributed by atoms with van der Waals surface area (Å²) in [6, 6.07) is 0. The molecule has 0 bridgehead atoms. The van der Waals surface area contributed by atoms with Crippen molar-refractivity contribution in [3.63, 3.8) is 0 Å². The fraction of sp³-hybridized carbons (Fsp3) is 0.913. The molecule has 1 aliphatic heterocycles. The van der Waals surface area contributed by atoms with E-state index in [1.807, 2.05) is 0 Å². The molecule has 1 heterocycles. The van der Waals surface area contributed by atoms with Crippen LogP contribution in [0, 0.1) is 40.4 Å². The Bertz CT molecular complexity index is 593. The van der Waals surface area contributed by atoms with Crippen molar-refractivity contribution in [2.45, 2.75) is 77.6 Å². The number of hydrogen-bond donors (Lipinski definition) is 2. The zero-order chi connectivity index (χ0) is 20.4. The largest absolute Gasteiger partial charge is 0.396 e. The van der Waals surface area contributed by atoms with Crippen LogP contribution in [0.5, 0.6) is 0 Å². The van der Waals surface area contributed by atoms with Gasteiger partial charge in [-0.15, -0.1) is 23.4 Å². The smallest absolute Gasteiger partial charge is 0.172 e. The van der Waals surface area contributed by atoms with Crippen LogP contribution in [0.4, 0.5) is 0 Å². The van der Waals surface area contributed by atoms with Crippen LogP contribution in [0.25, 0.3) is 0 Å². The van der Waals surface area contributed by atoms with Gasteiger partial charge in [0.15, 0.2) is 5.79 Å². The summed E-state index contributed by atoms with van der Waals surface area (Å²) in [5, 5.41) is 21.5. The maximum Gasteiger partial charge on any atom is 0.172 e. The molecule has 3 rings (SSSR count). The van der Waals surface area contributed by atoms with E-state index < -0.39 is 11.9 Å². The fourth-order valence-corrected chi connectivity index (χ4v) is 6.60. The Kier molecular flexibility index (Phi) is 7.05. The van der Waals surface area contributed by atoms with Gasteiger partial charge in [-0.2, -0.15) is 0 Å². The van der Waals surface area contributed by atoms with Crippen LogP contribution in [-0.2, 0) is 9.47 Å². The summed E-state index contributed by atoms with van der Waals surface area (Å²) in [6.45, 7) is 7.99. The zero-order valence-electron chi connectivity index (χ0n) is 17.7. The molecule has 28 heavy (non-hydrogen) atoms. The van der Waals surface area contributed by atoms with E-state index in [2.05, 4.69) is 32.6 Å². The summed E-state index contributed by atoms with van der Waals surface area (Å²) in [6.07, 6.45) is 5.48. The minimum absolute atomic E-state index is 0.0561. The Labute approximate surface area is 175 Å². The SMILES string of the molecule is C[C@H](CO)[C@@]12CC[C@@H](C)[C@@](C)([C@H](O)CC#CCCCCl)[C@@H]1C1(CC2)OCCO1. The van der Waals surface area contributed by atoms with Crippen molar-refractivity contribution >= 4 is 11.6 Å². The number of hydrogen-bond acceptors (Lipinski definition) is 4. The van der Waals surface area contributed by atoms with Crippen LogP contribution in [0.3, 0.4) is 0 Å². The van der Waals surface area contributed by atoms with E-state index in [1.165, 1.54) is 0 Å². The first-order chi connectivity index (χ1) is 13.4. The van der Waals surface area contributed by atoms with Crippen molar-refractivity contribution < 1.29 is 19.7 Å². The monoisotopic (exact) mass is 412 g/mol. The molecule has 0 aromatic rings. The van der Waals surface area contributed by atoms with Gasteiger partial charge in [0.05, 0.1) is 19.3 Å². The maximum absolute atomic E-state index is 11.4. The molecular formula is C23H37ClO4. The van der Waals surface area contributed by atoms with Gasteiger partial charge in [0.1, 0.15) is 0 Å². The standard InChI is InChI=1S/C23H37ClO4/c1-17-9-10-22(18(2)16-25)11-12-23(27-14-15-28-23)20(22)21(17,3)19(26)8-6-4-5-7-13-24/h17-20,25-26H,5,7-16H2,1-3H3/t17-,18-,19-,20+,21+,22+/m1/s1. The lowest BCUT2D eigenvalue weighted by molar-refractivity contribution is -0.266. The van der Waals surface area contributed by atoms with E-state index in [0.717, 1.165) is 38.5 Å².